The lowest BCUT2D eigenvalue weighted by molar-refractivity contribution is 0.0480. The van der Waals surface area contributed by atoms with E-state index in [-0.39, 0.29) is 4.90 Å². The van der Waals surface area contributed by atoms with E-state index in [1.165, 1.54) is 6.26 Å². The smallest absolute Gasteiger partial charge is 0.450 e. The number of rotatable bonds is 8. The molecule has 31 heavy (non-hydrogen) atoms. The Bertz CT molecular complexity index is 1150. The number of sulfone groups is 1. The summed E-state index contributed by atoms with van der Waals surface area (Å²) in [6.45, 7) is 4.00. The lowest BCUT2D eigenvalue weighted by Gasteiger charge is -2.16. The molecule has 6 nitrogen and oxygen atoms in total. The van der Waals surface area contributed by atoms with E-state index >= 15 is 0 Å². The Morgan fingerprint density at radius 2 is 1.74 bits per heavy atom. The Hall–Kier alpha value is -3.06. The monoisotopic (exact) mass is 441 g/mol. The lowest BCUT2D eigenvalue weighted by atomic mass is 10.0. The number of benzene rings is 2. The Balaban J connectivity index is 2.09. The SMILES string of the molecule is CCCC(Cc1cc(-c2ccc(S(C)(=O)=O)cc2)n(-c2ccccc2)c1C)OC(=O)O. The van der Waals surface area contributed by atoms with Crippen LogP contribution in [0.2, 0.25) is 0 Å². The normalized spacial score (nSPS) is 12.5. The zero-order chi connectivity index (χ0) is 22.6. The number of hydrogen-bond donors (Lipinski definition) is 1. The fourth-order valence-electron chi connectivity index (χ4n) is 3.77. The largest absolute Gasteiger partial charge is 0.506 e. The molecule has 1 N–H and O–H groups in total. The summed E-state index contributed by atoms with van der Waals surface area (Å²) in [5, 5.41) is 9.09. The van der Waals surface area contributed by atoms with Gasteiger partial charge < -0.3 is 14.4 Å². The number of hydrogen-bond acceptors (Lipinski definition) is 4. The van der Waals surface area contributed by atoms with Crippen LogP contribution in [-0.4, -0.2) is 36.6 Å². The van der Waals surface area contributed by atoms with Gasteiger partial charge in [0.1, 0.15) is 6.10 Å². The summed E-state index contributed by atoms with van der Waals surface area (Å²) >= 11 is 0. The Labute approximate surface area is 183 Å². The fraction of sp³-hybridized carbons (Fsp3) is 0.292. The summed E-state index contributed by atoms with van der Waals surface area (Å²) in [7, 11) is -3.28. The molecule has 7 heteroatoms. The number of ether oxygens (including phenoxy) is 1. The molecule has 0 aliphatic carbocycles. The third-order valence-corrected chi connectivity index (χ3v) is 6.40. The molecule has 2 aromatic carbocycles. The van der Waals surface area contributed by atoms with Crippen molar-refractivity contribution in [2.24, 2.45) is 0 Å². The minimum Gasteiger partial charge on any atom is -0.450 e. The van der Waals surface area contributed by atoms with Crippen LogP contribution in [0.15, 0.2) is 65.6 Å². The van der Waals surface area contributed by atoms with Gasteiger partial charge in [-0.25, -0.2) is 13.2 Å². The van der Waals surface area contributed by atoms with Crippen molar-refractivity contribution in [3.05, 3.63) is 71.9 Å². The highest BCUT2D eigenvalue weighted by atomic mass is 32.2. The van der Waals surface area contributed by atoms with E-state index in [0.29, 0.717) is 12.8 Å². The topological polar surface area (TPSA) is 85.6 Å². The quantitative estimate of drug-likeness (QED) is 0.482. The van der Waals surface area contributed by atoms with Gasteiger partial charge in [0.05, 0.1) is 10.6 Å². The van der Waals surface area contributed by atoms with Crippen LogP contribution < -0.4 is 0 Å². The summed E-state index contributed by atoms with van der Waals surface area (Å²) in [6, 6.07) is 18.7. The highest BCUT2D eigenvalue weighted by Gasteiger charge is 2.20. The van der Waals surface area contributed by atoms with Gasteiger partial charge in [-0.15, -0.1) is 0 Å². The average molecular weight is 442 g/mol. The van der Waals surface area contributed by atoms with Crippen LogP contribution in [0, 0.1) is 6.92 Å². The first kappa shape index (κ1) is 22.6. The maximum absolute atomic E-state index is 11.8. The summed E-state index contributed by atoms with van der Waals surface area (Å²) in [5.74, 6) is 0. The molecule has 3 aromatic rings. The molecule has 164 valence electrons. The van der Waals surface area contributed by atoms with Crippen molar-refractivity contribution in [1.82, 2.24) is 4.57 Å². The minimum absolute atomic E-state index is 0.267. The first-order valence-electron chi connectivity index (χ1n) is 10.2. The third-order valence-electron chi connectivity index (χ3n) is 5.27. The van der Waals surface area contributed by atoms with E-state index in [4.69, 9.17) is 9.84 Å². The molecule has 1 unspecified atom stereocenters. The van der Waals surface area contributed by atoms with E-state index in [1.54, 1.807) is 24.3 Å². The molecule has 0 aliphatic rings. The molecule has 0 spiro atoms. The average Bonchev–Trinajstić information content (AvgIpc) is 3.04. The van der Waals surface area contributed by atoms with Crippen LogP contribution in [0.4, 0.5) is 4.79 Å². The van der Waals surface area contributed by atoms with Gasteiger partial charge in [0.15, 0.2) is 9.84 Å². The van der Waals surface area contributed by atoms with E-state index in [9.17, 15) is 13.2 Å². The van der Waals surface area contributed by atoms with E-state index < -0.39 is 22.1 Å². The van der Waals surface area contributed by atoms with E-state index in [1.807, 2.05) is 50.2 Å². The number of para-hydroxylation sites is 1. The van der Waals surface area contributed by atoms with Crippen LogP contribution >= 0.6 is 0 Å². The molecule has 1 atom stereocenters. The molecule has 0 aliphatic heterocycles. The number of carboxylic acid groups (broad SMARTS) is 1. The van der Waals surface area contributed by atoms with Crippen molar-refractivity contribution < 1.29 is 23.1 Å². The first-order chi connectivity index (χ1) is 14.7. The van der Waals surface area contributed by atoms with Crippen molar-refractivity contribution in [1.29, 1.82) is 0 Å². The van der Waals surface area contributed by atoms with Crippen molar-refractivity contribution >= 4 is 16.0 Å². The minimum atomic E-state index is -3.28. The number of carbonyl (C=O) groups is 1. The summed E-state index contributed by atoms with van der Waals surface area (Å²) < 4.78 is 30.9. The predicted molar refractivity (Wildman–Crippen MR) is 121 cm³/mol. The molecule has 0 bridgehead atoms. The second-order valence-corrected chi connectivity index (χ2v) is 9.62. The van der Waals surface area contributed by atoms with Crippen LogP contribution in [0.25, 0.3) is 16.9 Å². The van der Waals surface area contributed by atoms with Crippen LogP contribution in [0.1, 0.15) is 31.0 Å². The lowest BCUT2D eigenvalue weighted by Crippen LogP contribution is -2.19. The Morgan fingerprint density at radius 3 is 2.29 bits per heavy atom. The Kier molecular flexibility index (Phi) is 6.85. The highest BCUT2D eigenvalue weighted by Crippen LogP contribution is 2.31. The van der Waals surface area contributed by atoms with E-state index in [2.05, 4.69) is 4.57 Å². The molecule has 0 fully saturated rings. The van der Waals surface area contributed by atoms with Gasteiger partial charge in [0.25, 0.3) is 0 Å². The van der Waals surface area contributed by atoms with Crippen molar-refractivity contribution in [3.8, 4) is 16.9 Å². The Morgan fingerprint density at radius 1 is 1.10 bits per heavy atom. The molecule has 0 saturated carbocycles. The zero-order valence-corrected chi connectivity index (χ0v) is 18.7. The van der Waals surface area contributed by atoms with Crippen molar-refractivity contribution in [2.75, 3.05) is 6.26 Å². The summed E-state index contributed by atoms with van der Waals surface area (Å²) in [6.07, 6.45) is 1.42. The molecular weight excluding hydrogens is 414 g/mol. The number of nitrogens with zero attached hydrogens (tertiary/aromatic N) is 1. The molecule has 3 rings (SSSR count). The summed E-state index contributed by atoms with van der Waals surface area (Å²) in [5.41, 5.74) is 4.73. The maximum Gasteiger partial charge on any atom is 0.506 e. The highest BCUT2D eigenvalue weighted by molar-refractivity contribution is 7.90. The van der Waals surface area contributed by atoms with E-state index in [0.717, 1.165) is 34.6 Å². The fourth-order valence-corrected chi connectivity index (χ4v) is 4.40. The standard InChI is InChI=1S/C24H27NO5S/c1-4-8-21(30-24(26)27)15-19-16-23(18-11-13-22(14-12-18)31(3,28)29)25(17(19)2)20-9-6-5-7-10-20/h5-7,9-14,16,21H,4,8,15H2,1-3H3,(H,26,27). The molecule has 0 amide bonds. The zero-order valence-electron chi connectivity index (χ0n) is 17.9. The third kappa shape index (κ3) is 5.35. The maximum atomic E-state index is 11.8. The number of aromatic nitrogens is 1. The van der Waals surface area contributed by atoms with Crippen molar-refractivity contribution in [3.63, 3.8) is 0 Å². The van der Waals surface area contributed by atoms with Gasteiger partial charge in [-0.3, -0.25) is 0 Å². The van der Waals surface area contributed by atoms with Crippen LogP contribution in [-0.2, 0) is 21.0 Å². The van der Waals surface area contributed by atoms with Gasteiger partial charge in [0, 0.05) is 24.1 Å². The van der Waals surface area contributed by atoms with Crippen LogP contribution in [0.3, 0.4) is 0 Å². The van der Waals surface area contributed by atoms with Gasteiger partial charge in [0.2, 0.25) is 0 Å². The van der Waals surface area contributed by atoms with Gasteiger partial charge in [-0.05, 0) is 54.8 Å². The molecule has 1 aromatic heterocycles. The summed E-state index contributed by atoms with van der Waals surface area (Å²) in [4.78, 5) is 11.4. The molecule has 0 saturated heterocycles. The van der Waals surface area contributed by atoms with Gasteiger partial charge in [-0.2, -0.15) is 0 Å². The van der Waals surface area contributed by atoms with Gasteiger partial charge >= 0.3 is 6.16 Å². The molecule has 1 heterocycles. The molecule has 0 radical (unpaired) electrons. The predicted octanol–water partition coefficient (Wildman–Crippen LogP) is 5.26. The first-order valence-corrected chi connectivity index (χ1v) is 12.1. The van der Waals surface area contributed by atoms with Crippen LogP contribution in [0.5, 0.6) is 0 Å². The van der Waals surface area contributed by atoms with Gasteiger partial charge in [-0.1, -0.05) is 43.7 Å². The van der Waals surface area contributed by atoms with Crippen molar-refractivity contribution in [2.45, 2.75) is 44.1 Å². The second-order valence-electron chi connectivity index (χ2n) is 7.61. The molecular formula is C24H27NO5S. The second kappa shape index (κ2) is 9.39.